The molecule has 1 aromatic carbocycles. The minimum absolute atomic E-state index is 0.0844. The van der Waals surface area contributed by atoms with Gasteiger partial charge in [0, 0.05) is 28.7 Å². The number of fused-ring (bicyclic) bond motifs is 1. The van der Waals surface area contributed by atoms with E-state index in [1.807, 2.05) is 0 Å². The fraction of sp³-hybridized carbons (Fsp3) is 0.500. The molecule has 1 aliphatic carbocycles. The molecule has 0 spiro atoms. The van der Waals surface area contributed by atoms with Crippen molar-refractivity contribution in [2.75, 3.05) is 19.9 Å². The first-order chi connectivity index (χ1) is 12.8. The summed E-state index contributed by atoms with van der Waals surface area (Å²) < 4.78 is 15.4. The highest BCUT2D eigenvalue weighted by atomic mass is 16.7. The molecular weight excluding hydrogens is 358 g/mol. The number of ketones is 2. The Bertz CT molecular complexity index is 790. The fourth-order valence-electron chi connectivity index (χ4n) is 3.54. The summed E-state index contributed by atoms with van der Waals surface area (Å²) in [4.78, 5) is 46.6. The highest BCUT2D eigenvalue weighted by Gasteiger charge is 2.44. The van der Waals surface area contributed by atoms with E-state index in [1.165, 1.54) is 6.07 Å². The monoisotopic (exact) mass is 377 g/mol. The second-order valence-electron chi connectivity index (χ2n) is 6.79. The van der Waals surface area contributed by atoms with E-state index in [4.69, 9.17) is 14.2 Å². The summed E-state index contributed by atoms with van der Waals surface area (Å²) in [6.45, 7) is 1.01. The number of nitrogens with zero attached hydrogens (tertiary/aromatic N) is 1. The summed E-state index contributed by atoms with van der Waals surface area (Å²) in [5.41, 5.74) is 0.309. The summed E-state index contributed by atoms with van der Waals surface area (Å²) in [6, 6.07) is 4.64. The van der Waals surface area contributed by atoms with Gasteiger partial charge in [-0.2, -0.15) is 0 Å². The van der Waals surface area contributed by atoms with Gasteiger partial charge in [0.2, 0.25) is 13.3 Å². The van der Waals surface area contributed by atoms with Crippen molar-refractivity contribution in [3.8, 4) is 11.5 Å². The lowest BCUT2D eigenvalue weighted by Gasteiger charge is -2.16. The molecule has 9 heteroatoms. The van der Waals surface area contributed by atoms with Gasteiger partial charge < -0.3 is 14.2 Å². The molecule has 0 amide bonds. The molecule has 0 aromatic heterocycles. The van der Waals surface area contributed by atoms with E-state index in [0.29, 0.717) is 17.1 Å². The van der Waals surface area contributed by atoms with Crippen LogP contribution in [0.4, 0.5) is 0 Å². The van der Waals surface area contributed by atoms with Crippen molar-refractivity contribution in [2.24, 2.45) is 17.8 Å². The Morgan fingerprint density at radius 1 is 1.30 bits per heavy atom. The van der Waals surface area contributed by atoms with Crippen LogP contribution in [0.25, 0.3) is 0 Å². The molecule has 1 saturated carbocycles. The Kier molecular flexibility index (Phi) is 5.38. The first kappa shape index (κ1) is 18.8. The van der Waals surface area contributed by atoms with E-state index < -0.39 is 35.1 Å². The second-order valence-corrected chi connectivity index (χ2v) is 6.79. The van der Waals surface area contributed by atoms with Gasteiger partial charge in [-0.1, -0.05) is 6.92 Å². The standard InChI is InChI=1S/C18H19NO8/c1-10-4-14(20)12(13(10)7-19(23)24)6-18(22)25-8-15(21)11-2-3-16-17(5-11)27-9-26-16/h2-3,5,10,12-13H,4,6-9H2,1H3/t10-,12+,13+/m0/s1. The van der Waals surface area contributed by atoms with Crippen LogP contribution in [0.15, 0.2) is 18.2 Å². The molecule has 0 unspecified atom stereocenters. The number of rotatable bonds is 7. The molecule has 0 radical (unpaired) electrons. The van der Waals surface area contributed by atoms with Gasteiger partial charge in [0.1, 0.15) is 5.78 Å². The highest BCUT2D eigenvalue weighted by molar-refractivity contribution is 5.98. The fourth-order valence-corrected chi connectivity index (χ4v) is 3.54. The zero-order chi connectivity index (χ0) is 19.6. The predicted molar refractivity (Wildman–Crippen MR) is 90.1 cm³/mol. The van der Waals surface area contributed by atoms with Crippen molar-refractivity contribution >= 4 is 17.5 Å². The lowest BCUT2D eigenvalue weighted by molar-refractivity contribution is -0.490. The van der Waals surface area contributed by atoms with Crippen LogP contribution in [0.3, 0.4) is 0 Å². The van der Waals surface area contributed by atoms with Gasteiger partial charge >= 0.3 is 5.97 Å². The summed E-state index contributed by atoms with van der Waals surface area (Å²) in [6.07, 6.45) is -0.0390. The van der Waals surface area contributed by atoms with E-state index >= 15 is 0 Å². The zero-order valence-corrected chi connectivity index (χ0v) is 14.7. The molecular formula is C18H19NO8. The molecule has 144 valence electrons. The van der Waals surface area contributed by atoms with Gasteiger partial charge in [-0.05, 0) is 24.1 Å². The van der Waals surface area contributed by atoms with Crippen LogP contribution in [0, 0.1) is 27.9 Å². The van der Waals surface area contributed by atoms with Gasteiger partial charge in [-0.25, -0.2) is 0 Å². The van der Waals surface area contributed by atoms with Gasteiger partial charge in [0.25, 0.3) is 0 Å². The minimum atomic E-state index is -0.737. The van der Waals surface area contributed by atoms with Gasteiger partial charge in [0.15, 0.2) is 23.9 Å². The number of hydrogen-bond acceptors (Lipinski definition) is 8. The Labute approximate surface area is 154 Å². The Balaban J connectivity index is 1.55. The Morgan fingerprint density at radius 2 is 2.04 bits per heavy atom. The maximum atomic E-state index is 12.2. The van der Waals surface area contributed by atoms with E-state index in [1.54, 1.807) is 19.1 Å². The van der Waals surface area contributed by atoms with Crippen molar-refractivity contribution in [1.82, 2.24) is 0 Å². The summed E-state index contributed by atoms with van der Waals surface area (Å²) in [5.74, 6) is -1.72. The summed E-state index contributed by atoms with van der Waals surface area (Å²) in [7, 11) is 0. The topological polar surface area (TPSA) is 122 Å². The highest BCUT2D eigenvalue weighted by Crippen LogP contribution is 2.36. The Morgan fingerprint density at radius 3 is 2.78 bits per heavy atom. The van der Waals surface area contributed by atoms with Gasteiger partial charge in [-0.3, -0.25) is 24.5 Å². The molecule has 1 aliphatic heterocycles. The smallest absolute Gasteiger partial charge is 0.306 e. The van der Waals surface area contributed by atoms with Crippen molar-refractivity contribution in [2.45, 2.75) is 19.8 Å². The summed E-state index contributed by atoms with van der Waals surface area (Å²) in [5, 5.41) is 10.8. The van der Waals surface area contributed by atoms with E-state index in [0.717, 1.165) is 0 Å². The normalized spacial score (nSPS) is 23.3. The van der Waals surface area contributed by atoms with Crippen LogP contribution in [0.2, 0.25) is 0 Å². The van der Waals surface area contributed by atoms with Crippen molar-refractivity contribution < 1.29 is 33.5 Å². The van der Waals surface area contributed by atoms with Crippen molar-refractivity contribution in [1.29, 1.82) is 0 Å². The molecule has 1 aromatic rings. The number of nitro groups is 1. The van der Waals surface area contributed by atoms with E-state index in [9.17, 15) is 24.5 Å². The van der Waals surface area contributed by atoms with E-state index in [2.05, 4.69) is 0 Å². The van der Waals surface area contributed by atoms with Gasteiger partial charge in [-0.15, -0.1) is 0 Å². The lowest BCUT2D eigenvalue weighted by atomic mass is 9.88. The first-order valence-electron chi connectivity index (χ1n) is 8.58. The molecule has 27 heavy (non-hydrogen) atoms. The number of benzene rings is 1. The zero-order valence-electron chi connectivity index (χ0n) is 14.7. The lowest BCUT2D eigenvalue weighted by Crippen LogP contribution is -2.28. The molecule has 3 rings (SSSR count). The molecule has 0 bridgehead atoms. The number of carbonyl (C=O) groups is 3. The SMILES string of the molecule is C[C@H]1CC(=O)[C@H](CC(=O)OCC(=O)c2ccc3c(c2)OCO3)[C@@H]1C[N+](=O)[O-]. The molecule has 1 heterocycles. The molecule has 0 N–H and O–H groups in total. The van der Waals surface area contributed by atoms with Crippen molar-refractivity contribution in [3.63, 3.8) is 0 Å². The third-order valence-corrected chi connectivity index (χ3v) is 4.99. The van der Waals surface area contributed by atoms with Crippen LogP contribution in [0.5, 0.6) is 11.5 Å². The number of esters is 1. The first-order valence-corrected chi connectivity index (χ1v) is 8.58. The average Bonchev–Trinajstić information content (AvgIpc) is 3.18. The maximum absolute atomic E-state index is 12.2. The van der Waals surface area contributed by atoms with Crippen LogP contribution in [-0.2, 0) is 14.3 Å². The van der Waals surface area contributed by atoms with Crippen LogP contribution >= 0.6 is 0 Å². The molecule has 9 nitrogen and oxygen atoms in total. The maximum Gasteiger partial charge on any atom is 0.306 e. The molecule has 1 fully saturated rings. The Hall–Kier alpha value is -2.97. The number of Topliss-reactive ketones (excluding diaryl/α,β-unsaturated/α-hetero) is 2. The molecule has 0 saturated heterocycles. The van der Waals surface area contributed by atoms with E-state index in [-0.39, 0.29) is 37.9 Å². The molecule has 3 atom stereocenters. The number of hydrogen-bond donors (Lipinski definition) is 0. The largest absolute Gasteiger partial charge is 0.457 e. The summed E-state index contributed by atoms with van der Waals surface area (Å²) >= 11 is 0. The minimum Gasteiger partial charge on any atom is -0.457 e. The third kappa shape index (κ3) is 4.24. The van der Waals surface area contributed by atoms with Crippen LogP contribution in [0.1, 0.15) is 30.1 Å². The molecule has 2 aliphatic rings. The average molecular weight is 377 g/mol. The van der Waals surface area contributed by atoms with Crippen LogP contribution in [-0.4, -0.2) is 42.4 Å². The quantitative estimate of drug-likeness (QED) is 0.304. The van der Waals surface area contributed by atoms with Crippen LogP contribution < -0.4 is 9.47 Å². The number of ether oxygens (including phenoxy) is 3. The third-order valence-electron chi connectivity index (χ3n) is 4.99. The van der Waals surface area contributed by atoms with Gasteiger partial charge in [0.05, 0.1) is 6.42 Å². The van der Waals surface area contributed by atoms with Crippen molar-refractivity contribution in [3.05, 3.63) is 33.9 Å². The second kappa shape index (κ2) is 7.73. The number of carbonyl (C=O) groups excluding carboxylic acids is 3. The predicted octanol–water partition coefficient (Wildman–Crippen LogP) is 1.65.